The summed E-state index contributed by atoms with van der Waals surface area (Å²) in [5.74, 6) is -9.88. The molecule has 0 amide bonds. The summed E-state index contributed by atoms with van der Waals surface area (Å²) in [5, 5.41) is 0. The summed E-state index contributed by atoms with van der Waals surface area (Å²) in [6.45, 7) is 0. The Labute approximate surface area is 70.0 Å². The van der Waals surface area contributed by atoms with E-state index in [9.17, 15) is 22.0 Å². The molecule has 13 heavy (non-hydrogen) atoms. The van der Waals surface area contributed by atoms with E-state index >= 15 is 0 Å². The van der Waals surface area contributed by atoms with Crippen molar-refractivity contribution in [2.45, 2.75) is 11.8 Å². The van der Waals surface area contributed by atoms with E-state index in [1.807, 2.05) is 0 Å². The lowest BCUT2D eigenvalue weighted by Crippen LogP contribution is -2.47. The second-order valence-electron chi connectivity index (χ2n) is 2.81. The summed E-state index contributed by atoms with van der Waals surface area (Å²) in [6, 6.07) is 2.52. The fraction of sp³-hybridized carbons (Fsp3) is 0.250. The number of halogens is 5. The van der Waals surface area contributed by atoms with Crippen LogP contribution in [0.25, 0.3) is 0 Å². The molecule has 0 aromatic heterocycles. The van der Waals surface area contributed by atoms with Crippen molar-refractivity contribution in [1.82, 2.24) is 0 Å². The Balaban J connectivity index is 2.70. The van der Waals surface area contributed by atoms with Crippen LogP contribution in [0.3, 0.4) is 0 Å². The maximum atomic E-state index is 12.7. The molecular formula is C8H3F5. The van der Waals surface area contributed by atoms with Gasteiger partial charge in [-0.2, -0.15) is 17.6 Å². The average Bonchev–Trinajstić information content (AvgIpc) is 2.03. The van der Waals surface area contributed by atoms with Gasteiger partial charge in [-0.05, 0) is 6.07 Å². The summed E-state index contributed by atoms with van der Waals surface area (Å²) in [6.07, 6.45) is 0. The molecule has 0 bridgehead atoms. The third kappa shape index (κ3) is 0.745. The molecule has 0 nitrogen and oxygen atoms in total. The van der Waals surface area contributed by atoms with Crippen LogP contribution in [0.15, 0.2) is 18.2 Å². The molecule has 0 fully saturated rings. The Kier molecular flexibility index (Phi) is 1.32. The predicted octanol–water partition coefficient (Wildman–Crippen LogP) is 3.02. The molecule has 0 aliphatic heterocycles. The van der Waals surface area contributed by atoms with Gasteiger partial charge in [-0.3, -0.25) is 0 Å². The van der Waals surface area contributed by atoms with Gasteiger partial charge in [-0.25, -0.2) is 4.39 Å². The van der Waals surface area contributed by atoms with Gasteiger partial charge in [0.05, 0.1) is 5.56 Å². The highest BCUT2D eigenvalue weighted by molar-refractivity contribution is 5.47. The lowest BCUT2D eigenvalue weighted by Gasteiger charge is -2.38. The zero-order chi connectivity index (χ0) is 9.85. The number of fused-ring (bicyclic) bond motifs is 1. The zero-order valence-electron chi connectivity index (χ0n) is 6.12. The predicted molar refractivity (Wildman–Crippen MR) is 34.2 cm³/mol. The van der Waals surface area contributed by atoms with Crippen molar-refractivity contribution < 1.29 is 22.0 Å². The number of rotatable bonds is 0. The van der Waals surface area contributed by atoms with Crippen molar-refractivity contribution in [1.29, 1.82) is 0 Å². The molecule has 0 saturated heterocycles. The van der Waals surface area contributed by atoms with Crippen molar-refractivity contribution in [3.8, 4) is 0 Å². The highest BCUT2D eigenvalue weighted by Crippen LogP contribution is 2.60. The van der Waals surface area contributed by atoms with Crippen LogP contribution in [-0.4, -0.2) is 0 Å². The van der Waals surface area contributed by atoms with Crippen molar-refractivity contribution in [2.75, 3.05) is 0 Å². The van der Waals surface area contributed by atoms with Gasteiger partial charge in [0.1, 0.15) is 5.82 Å². The van der Waals surface area contributed by atoms with Crippen molar-refractivity contribution in [3.05, 3.63) is 35.1 Å². The molecule has 0 radical (unpaired) electrons. The number of alkyl halides is 4. The first kappa shape index (κ1) is 8.47. The molecule has 1 aliphatic carbocycles. The molecule has 0 saturated carbocycles. The SMILES string of the molecule is Fc1cccc2c1C(F)(F)C2(F)F. The second-order valence-corrected chi connectivity index (χ2v) is 2.81. The number of benzene rings is 1. The minimum atomic E-state index is -4.37. The molecular weight excluding hydrogens is 191 g/mol. The molecule has 0 atom stereocenters. The van der Waals surface area contributed by atoms with Gasteiger partial charge < -0.3 is 0 Å². The van der Waals surface area contributed by atoms with Crippen LogP contribution >= 0.6 is 0 Å². The first-order chi connectivity index (χ1) is 5.89. The minimum absolute atomic E-state index is 0.738. The van der Waals surface area contributed by atoms with E-state index < -0.39 is 28.8 Å². The molecule has 70 valence electrons. The van der Waals surface area contributed by atoms with E-state index in [0.717, 1.165) is 18.2 Å². The maximum absolute atomic E-state index is 12.7. The smallest absolute Gasteiger partial charge is 0.206 e. The van der Waals surface area contributed by atoms with Crippen molar-refractivity contribution in [3.63, 3.8) is 0 Å². The van der Waals surface area contributed by atoms with Crippen LogP contribution in [0.1, 0.15) is 11.1 Å². The minimum Gasteiger partial charge on any atom is -0.206 e. The van der Waals surface area contributed by atoms with E-state index in [0.29, 0.717) is 0 Å². The largest absolute Gasteiger partial charge is 0.343 e. The van der Waals surface area contributed by atoms with E-state index in [2.05, 4.69) is 0 Å². The number of hydrogen-bond acceptors (Lipinski definition) is 0. The Morgan fingerprint density at radius 1 is 0.923 bits per heavy atom. The molecule has 0 spiro atoms. The van der Waals surface area contributed by atoms with Crippen LogP contribution in [0, 0.1) is 5.82 Å². The normalized spacial score (nSPS) is 21.9. The van der Waals surface area contributed by atoms with Gasteiger partial charge >= 0.3 is 11.8 Å². The fourth-order valence-corrected chi connectivity index (χ4v) is 1.37. The maximum Gasteiger partial charge on any atom is 0.343 e. The first-order valence-corrected chi connectivity index (χ1v) is 3.44. The van der Waals surface area contributed by atoms with Gasteiger partial charge in [-0.1, -0.05) is 12.1 Å². The third-order valence-electron chi connectivity index (χ3n) is 2.06. The summed E-state index contributed by atoms with van der Waals surface area (Å²) in [4.78, 5) is 0. The lowest BCUT2D eigenvalue weighted by molar-refractivity contribution is -0.256. The van der Waals surface area contributed by atoms with E-state index in [1.165, 1.54) is 0 Å². The third-order valence-corrected chi connectivity index (χ3v) is 2.06. The van der Waals surface area contributed by atoms with Crippen LogP contribution < -0.4 is 0 Å². The summed E-state index contributed by atoms with van der Waals surface area (Å²) >= 11 is 0. The van der Waals surface area contributed by atoms with Gasteiger partial charge in [-0.15, -0.1) is 0 Å². The molecule has 1 aromatic rings. The Hall–Kier alpha value is -1.13. The van der Waals surface area contributed by atoms with Crippen LogP contribution in [0.4, 0.5) is 22.0 Å². The van der Waals surface area contributed by atoms with E-state index in [-0.39, 0.29) is 0 Å². The van der Waals surface area contributed by atoms with Gasteiger partial charge in [0, 0.05) is 5.56 Å². The Bertz CT molecular complexity index is 369. The zero-order valence-corrected chi connectivity index (χ0v) is 6.12. The van der Waals surface area contributed by atoms with E-state index in [1.54, 1.807) is 0 Å². The molecule has 1 aliphatic rings. The summed E-state index contributed by atoms with van der Waals surface area (Å²) in [7, 11) is 0. The topological polar surface area (TPSA) is 0 Å². The highest BCUT2D eigenvalue weighted by Gasteiger charge is 2.70. The van der Waals surface area contributed by atoms with Crippen LogP contribution in [0.2, 0.25) is 0 Å². The molecule has 0 unspecified atom stereocenters. The number of hydrogen-bond donors (Lipinski definition) is 0. The molecule has 1 aromatic carbocycles. The fourth-order valence-electron chi connectivity index (χ4n) is 1.37. The van der Waals surface area contributed by atoms with Gasteiger partial charge in [0.2, 0.25) is 0 Å². The highest BCUT2D eigenvalue weighted by atomic mass is 19.3. The molecule has 0 heterocycles. The molecule has 2 rings (SSSR count). The van der Waals surface area contributed by atoms with Crippen molar-refractivity contribution >= 4 is 0 Å². The van der Waals surface area contributed by atoms with Gasteiger partial charge in [0.25, 0.3) is 0 Å². The second kappa shape index (κ2) is 2.02. The van der Waals surface area contributed by atoms with Crippen molar-refractivity contribution in [2.24, 2.45) is 0 Å². The lowest BCUT2D eigenvalue weighted by atomic mass is 9.80. The van der Waals surface area contributed by atoms with Gasteiger partial charge in [0.15, 0.2) is 0 Å². The standard InChI is InChI=1S/C8H3F5/c9-5-3-1-2-4-6(5)8(12,13)7(4,10)11/h1-3H. The monoisotopic (exact) mass is 194 g/mol. The molecule has 5 heteroatoms. The molecule has 0 N–H and O–H groups in total. The Morgan fingerprint density at radius 2 is 1.54 bits per heavy atom. The quantitative estimate of drug-likeness (QED) is 0.557. The summed E-state index contributed by atoms with van der Waals surface area (Å²) in [5.41, 5.74) is -2.10. The first-order valence-electron chi connectivity index (χ1n) is 3.44. The Morgan fingerprint density at radius 3 is 2.08 bits per heavy atom. The van der Waals surface area contributed by atoms with Crippen LogP contribution in [0.5, 0.6) is 0 Å². The van der Waals surface area contributed by atoms with Crippen LogP contribution in [-0.2, 0) is 11.8 Å². The average molecular weight is 194 g/mol. The summed E-state index contributed by atoms with van der Waals surface area (Å²) < 4.78 is 63.0. The van der Waals surface area contributed by atoms with E-state index in [4.69, 9.17) is 0 Å².